The van der Waals surface area contributed by atoms with Gasteiger partial charge in [-0.15, -0.1) is 6.58 Å². The highest BCUT2D eigenvalue weighted by atomic mass is 19.1. The molecule has 2 aliphatic heterocycles. The van der Waals surface area contributed by atoms with Crippen LogP contribution in [0.5, 0.6) is 0 Å². The van der Waals surface area contributed by atoms with Crippen molar-refractivity contribution in [2.75, 3.05) is 11.4 Å². The van der Waals surface area contributed by atoms with Crippen molar-refractivity contribution in [2.24, 2.45) is 0 Å². The fourth-order valence-electron chi connectivity index (χ4n) is 5.41. The summed E-state index contributed by atoms with van der Waals surface area (Å²) in [6.07, 6.45) is 1.60. The molecule has 0 N–H and O–H groups in total. The number of fused-ring (bicyclic) bond motifs is 5. The molecule has 0 radical (unpaired) electrons. The predicted octanol–water partition coefficient (Wildman–Crippen LogP) is 4.67. The number of halogens is 1. The Labute approximate surface area is 205 Å². The number of aryl methyl sites for hydroxylation is 1. The van der Waals surface area contributed by atoms with Crippen molar-refractivity contribution in [3.8, 4) is 0 Å². The lowest BCUT2D eigenvalue weighted by molar-refractivity contribution is -0.126. The van der Waals surface area contributed by atoms with Gasteiger partial charge < -0.3 is 14.2 Å². The first kappa shape index (κ1) is 22.0. The molecule has 1 atom stereocenters. The topological polar surface area (TPSA) is 70.8 Å². The van der Waals surface area contributed by atoms with E-state index >= 15 is 0 Å². The van der Waals surface area contributed by atoms with Gasteiger partial charge >= 0.3 is 0 Å². The summed E-state index contributed by atoms with van der Waals surface area (Å²) in [5, 5.41) is 0.303. The van der Waals surface area contributed by atoms with Gasteiger partial charge in [0.1, 0.15) is 11.4 Å². The Hall–Kier alpha value is -4.52. The Bertz CT molecular complexity index is 1660. The highest BCUT2D eigenvalue weighted by Gasteiger charge is 2.64. The average Bonchev–Trinajstić information content (AvgIpc) is 3.26. The van der Waals surface area contributed by atoms with Gasteiger partial charge in [0.2, 0.25) is 5.76 Å². The molecule has 7 heteroatoms. The van der Waals surface area contributed by atoms with Crippen molar-refractivity contribution < 1.29 is 18.4 Å². The van der Waals surface area contributed by atoms with Crippen LogP contribution in [0, 0.1) is 12.7 Å². The Morgan fingerprint density at radius 3 is 2.53 bits per heavy atom. The van der Waals surface area contributed by atoms with E-state index in [4.69, 9.17) is 4.42 Å². The molecule has 1 spiro atoms. The van der Waals surface area contributed by atoms with E-state index in [1.807, 2.05) is 6.92 Å². The van der Waals surface area contributed by atoms with E-state index < -0.39 is 28.6 Å². The van der Waals surface area contributed by atoms with Crippen molar-refractivity contribution in [2.45, 2.75) is 19.0 Å². The molecule has 4 aromatic rings. The molecule has 0 bridgehead atoms. The summed E-state index contributed by atoms with van der Waals surface area (Å²) in [5.41, 5.74) is 0.712. The molecule has 3 heterocycles. The standard InChI is InChI=1S/C29H21FN2O4/c1-3-14-31-22-7-5-4-6-21(22)29(28(31)35)24-25(33)20-15-17(2)8-13-23(20)36-26(24)27(34)32(29)16-18-9-11-19(30)12-10-18/h3-13,15H,1,14,16H2,2H3. The Morgan fingerprint density at radius 1 is 1.03 bits per heavy atom. The van der Waals surface area contributed by atoms with Crippen molar-refractivity contribution >= 4 is 28.5 Å². The van der Waals surface area contributed by atoms with Crippen molar-refractivity contribution in [3.63, 3.8) is 0 Å². The molecular weight excluding hydrogens is 459 g/mol. The molecule has 2 aliphatic rings. The van der Waals surface area contributed by atoms with Crippen LogP contribution in [0.25, 0.3) is 11.0 Å². The largest absolute Gasteiger partial charge is 0.450 e. The summed E-state index contributed by atoms with van der Waals surface area (Å²) in [4.78, 5) is 45.3. The monoisotopic (exact) mass is 480 g/mol. The molecule has 36 heavy (non-hydrogen) atoms. The van der Waals surface area contributed by atoms with E-state index in [0.717, 1.165) is 5.56 Å². The first-order valence-electron chi connectivity index (χ1n) is 11.5. The third-order valence-electron chi connectivity index (χ3n) is 6.96. The molecule has 0 aliphatic carbocycles. The van der Waals surface area contributed by atoms with Crippen LogP contribution < -0.4 is 10.3 Å². The molecule has 3 aromatic carbocycles. The van der Waals surface area contributed by atoms with E-state index in [2.05, 4.69) is 6.58 Å². The third kappa shape index (κ3) is 2.80. The van der Waals surface area contributed by atoms with Gasteiger partial charge in [0.05, 0.1) is 16.6 Å². The number of hydrogen-bond acceptors (Lipinski definition) is 4. The molecule has 0 fully saturated rings. The normalized spacial score (nSPS) is 18.3. The number of rotatable bonds is 4. The fraction of sp³-hybridized carbons (Fsp3) is 0.138. The minimum atomic E-state index is -1.72. The van der Waals surface area contributed by atoms with Gasteiger partial charge in [-0.3, -0.25) is 14.4 Å². The van der Waals surface area contributed by atoms with E-state index in [1.54, 1.807) is 60.7 Å². The SMILES string of the molecule is C=CCN1C(=O)C2(c3ccccc31)c1c(oc3ccc(C)cc3c1=O)C(=O)N2Cc1ccc(F)cc1. The van der Waals surface area contributed by atoms with Crippen LogP contribution in [-0.2, 0) is 16.9 Å². The number of nitrogens with zero attached hydrogens (tertiary/aromatic N) is 2. The van der Waals surface area contributed by atoms with Gasteiger partial charge in [0.15, 0.2) is 11.0 Å². The van der Waals surface area contributed by atoms with Crippen LogP contribution in [0.1, 0.15) is 32.8 Å². The first-order chi connectivity index (χ1) is 17.4. The second kappa shape index (κ2) is 7.75. The van der Waals surface area contributed by atoms with Gasteiger partial charge in [-0.25, -0.2) is 4.39 Å². The number of carbonyl (C=O) groups is 2. The summed E-state index contributed by atoms with van der Waals surface area (Å²) in [7, 11) is 0. The summed E-state index contributed by atoms with van der Waals surface area (Å²) in [5.74, 6) is -1.57. The second-order valence-corrected chi connectivity index (χ2v) is 9.08. The third-order valence-corrected chi connectivity index (χ3v) is 6.96. The highest BCUT2D eigenvalue weighted by Crippen LogP contribution is 2.53. The highest BCUT2D eigenvalue weighted by molar-refractivity contribution is 6.17. The summed E-state index contributed by atoms with van der Waals surface area (Å²) in [6, 6.07) is 18.0. The van der Waals surface area contributed by atoms with E-state index in [1.165, 1.54) is 21.9 Å². The molecule has 0 saturated carbocycles. The molecule has 1 aromatic heterocycles. The number of amides is 2. The van der Waals surface area contributed by atoms with Crippen LogP contribution >= 0.6 is 0 Å². The second-order valence-electron chi connectivity index (χ2n) is 9.08. The fourth-order valence-corrected chi connectivity index (χ4v) is 5.41. The molecule has 1 unspecified atom stereocenters. The zero-order valence-electron chi connectivity index (χ0n) is 19.5. The Kier molecular flexibility index (Phi) is 4.73. The number of hydrogen-bond donors (Lipinski definition) is 0. The molecule has 6 rings (SSSR count). The number of anilines is 1. The van der Waals surface area contributed by atoms with Gasteiger partial charge in [-0.2, -0.15) is 0 Å². The molecule has 6 nitrogen and oxygen atoms in total. The first-order valence-corrected chi connectivity index (χ1v) is 11.5. The zero-order valence-corrected chi connectivity index (χ0v) is 19.5. The van der Waals surface area contributed by atoms with Crippen molar-refractivity contribution in [1.29, 1.82) is 0 Å². The van der Waals surface area contributed by atoms with E-state index in [-0.39, 0.29) is 30.0 Å². The lowest BCUT2D eigenvalue weighted by Crippen LogP contribution is -2.53. The Balaban J connectivity index is 1.70. The molecular formula is C29H21FN2O4. The minimum absolute atomic E-state index is 0.0109. The lowest BCUT2D eigenvalue weighted by atomic mass is 9.83. The summed E-state index contributed by atoms with van der Waals surface area (Å²) >= 11 is 0. The quantitative estimate of drug-likeness (QED) is 0.398. The van der Waals surface area contributed by atoms with Crippen LogP contribution in [0.2, 0.25) is 0 Å². The maximum absolute atomic E-state index is 14.3. The number of benzene rings is 3. The molecule has 0 saturated heterocycles. The lowest BCUT2D eigenvalue weighted by Gasteiger charge is -2.34. The molecule has 2 amide bonds. The van der Waals surface area contributed by atoms with Crippen LogP contribution in [-0.4, -0.2) is 23.3 Å². The van der Waals surface area contributed by atoms with Crippen LogP contribution in [0.4, 0.5) is 10.1 Å². The van der Waals surface area contributed by atoms with Crippen LogP contribution in [0.3, 0.4) is 0 Å². The summed E-state index contributed by atoms with van der Waals surface area (Å²) < 4.78 is 19.7. The molecule has 178 valence electrons. The van der Waals surface area contributed by atoms with E-state index in [9.17, 15) is 18.8 Å². The summed E-state index contributed by atoms with van der Waals surface area (Å²) in [6.45, 7) is 5.81. The van der Waals surface area contributed by atoms with Crippen LogP contribution in [0.15, 0.2) is 88.6 Å². The smallest absolute Gasteiger partial charge is 0.291 e. The zero-order chi connectivity index (χ0) is 25.2. The van der Waals surface area contributed by atoms with Gasteiger partial charge in [-0.1, -0.05) is 48.0 Å². The number of para-hydroxylation sites is 1. The Morgan fingerprint density at radius 2 is 1.78 bits per heavy atom. The average molecular weight is 480 g/mol. The maximum atomic E-state index is 14.3. The number of carbonyl (C=O) groups excluding carboxylic acids is 2. The van der Waals surface area contributed by atoms with Gasteiger partial charge in [0, 0.05) is 18.7 Å². The van der Waals surface area contributed by atoms with Gasteiger partial charge in [-0.05, 0) is 42.8 Å². The minimum Gasteiger partial charge on any atom is -0.450 e. The van der Waals surface area contributed by atoms with Crippen molar-refractivity contribution in [3.05, 3.63) is 123 Å². The van der Waals surface area contributed by atoms with Crippen molar-refractivity contribution in [1.82, 2.24) is 4.90 Å². The predicted molar refractivity (Wildman–Crippen MR) is 133 cm³/mol. The van der Waals surface area contributed by atoms with E-state index in [0.29, 0.717) is 22.2 Å². The maximum Gasteiger partial charge on any atom is 0.291 e. The van der Waals surface area contributed by atoms with Gasteiger partial charge in [0.25, 0.3) is 11.8 Å².